The molecule has 6 bridgehead atoms. The maximum Gasteiger partial charge on any atom is 0.314 e. The number of rotatable bonds is 6. The minimum atomic E-state index is -0.398. The SMILES string of the molecule is C.C[C@]12CCC3C(C[C@H]4OC[C@@]35CCC(=O)C=C45)C1CC[C@@H]2C(=O)CO.C[C@]12CCC3C(C[C@H]4OC[C@@]35CCC(=O)C=C45)C1CC[C@@H]2C(=O)CO.C[C@]12CCC3C(C[C@H]4OC[C@@]35CCC(=O)C=C45)C1CC[C@@H]2C(=O)CO.O=C1CCC(=O)O1. The van der Waals surface area contributed by atoms with Gasteiger partial charge in [-0.05, 0) is 220 Å². The summed E-state index contributed by atoms with van der Waals surface area (Å²) in [6.45, 7) is 8.34. The Labute approximate surface area is 489 Å². The molecule has 0 spiro atoms. The van der Waals surface area contributed by atoms with Crippen molar-refractivity contribution >= 4 is 46.6 Å². The highest BCUT2D eigenvalue weighted by atomic mass is 16.6. The molecule has 4 heterocycles. The van der Waals surface area contributed by atoms with Crippen LogP contribution in [0, 0.1) is 104 Å². The topological polar surface area (TPSA) is 234 Å². The fourth-order valence-electron chi connectivity index (χ4n) is 23.5. The summed E-state index contributed by atoms with van der Waals surface area (Å²) >= 11 is 0. The van der Waals surface area contributed by atoms with Crippen LogP contribution in [0.2, 0.25) is 0 Å². The molecule has 15 heteroatoms. The average Bonchev–Trinajstić information content (AvgIpc) is 3.62. The van der Waals surface area contributed by atoms with E-state index in [4.69, 9.17) is 14.2 Å². The highest BCUT2D eigenvalue weighted by Crippen LogP contribution is 2.72. The van der Waals surface area contributed by atoms with Gasteiger partial charge in [0.15, 0.2) is 34.7 Å². The van der Waals surface area contributed by atoms with Gasteiger partial charge in [0.25, 0.3) is 0 Å². The van der Waals surface area contributed by atoms with Crippen molar-refractivity contribution < 1.29 is 72.6 Å². The molecule has 0 aromatic carbocycles. The Bertz CT molecular complexity index is 2530. The van der Waals surface area contributed by atoms with E-state index in [9.17, 15) is 53.7 Å². The number of hydrogen-bond donors (Lipinski definition) is 3. The summed E-state index contributed by atoms with van der Waals surface area (Å²) in [4.78, 5) is 92.9. The van der Waals surface area contributed by atoms with Gasteiger partial charge in [-0.3, -0.25) is 38.4 Å². The van der Waals surface area contributed by atoms with E-state index in [1.807, 2.05) is 18.2 Å². The van der Waals surface area contributed by atoms with Gasteiger partial charge >= 0.3 is 11.9 Å². The van der Waals surface area contributed by atoms with Gasteiger partial charge in [0.05, 0.1) is 51.0 Å². The molecule has 4 aliphatic heterocycles. The first-order valence-electron chi connectivity index (χ1n) is 32.0. The molecule has 12 aliphatic carbocycles. The largest absolute Gasteiger partial charge is 0.393 e. The predicted octanol–water partition coefficient (Wildman–Crippen LogP) is 8.54. The van der Waals surface area contributed by atoms with Crippen LogP contribution in [-0.4, -0.2) is 120 Å². The number of esters is 2. The van der Waals surface area contributed by atoms with Crippen LogP contribution in [0.25, 0.3) is 0 Å². The zero-order chi connectivity index (χ0) is 57.5. The molecule has 16 rings (SSSR count). The van der Waals surface area contributed by atoms with Gasteiger partial charge in [0.2, 0.25) is 0 Å². The molecule has 9 unspecified atom stereocenters. The van der Waals surface area contributed by atoms with Crippen molar-refractivity contribution in [3.05, 3.63) is 34.9 Å². The van der Waals surface area contributed by atoms with E-state index in [1.165, 1.54) is 16.7 Å². The summed E-state index contributed by atoms with van der Waals surface area (Å²) < 4.78 is 22.7. The van der Waals surface area contributed by atoms with Crippen molar-refractivity contribution in [3.63, 3.8) is 0 Å². The third-order valence-electron chi connectivity index (χ3n) is 27.1. The van der Waals surface area contributed by atoms with Crippen molar-refractivity contribution in [2.75, 3.05) is 39.6 Å². The van der Waals surface area contributed by atoms with E-state index in [0.29, 0.717) is 72.5 Å². The smallest absolute Gasteiger partial charge is 0.314 e. The van der Waals surface area contributed by atoms with Crippen molar-refractivity contribution in [1.82, 2.24) is 0 Å². The average molecular weight is 1150 g/mol. The van der Waals surface area contributed by atoms with Crippen LogP contribution >= 0.6 is 0 Å². The maximum atomic E-state index is 12.3. The van der Waals surface area contributed by atoms with E-state index in [0.717, 1.165) is 135 Å². The fraction of sp³-hybridized carbons (Fsp3) is 0.794. The lowest BCUT2D eigenvalue weighted by molar-refractivity contribution is -0.152. The molecule has 15 nitrogen and oxygen atoms in total. The summed E-state index contributed by atoms with van der Waals surface area (Å²) in [5.74, 6) is 5.55. The maximum absolute atomic E-state index is 12.3. The third kappa shape index (κ3) is 9.02. The lowest BCUT2D eigenvalue weighted by Gasteiger charge is -2.56. The van der Waals surface area contributed by atoms with Gasteiger partial charge < -0.3 is 34.3 Å². The van der Waals surface area contributed by atoms with Gasteiger partial charge in [-0.2, -0.15) is 0 Å². The van der Waals surface area contributed by atoms with E-state index >= 15 is 0 Å². The quantitative estimate of drug-likeness (QED) is 0.167. The third-order valence-corrected chi connectivity index (χ3v) is 27.1. The van der Waals surface area contributed by atoms with Gasteiger partial charge in [-0.1, -0.05) is 28.2 Å². The first-order valence-corrected chi connectivity index (χ1v) is 32.0. The van der Waals surface area contributed by atoms with Crippen LogP contribution < -0.4 is 0 Å². The Morgan fingerprint density at radius 3 is 0.964 bits per heavy atom. The summed E-state index contributed by atoms with van der Waals surface area (Å²) in [7, 11) is 0. The Kier molecular flexibility index (Phi) is 15.6. The highest BCUT2D eigenvalue weighted by molar-refractivity contribution is 5.94. The Morgan fingerprint density at radius 1 is 0.422 bits per heavy atom. The Balaban J connectivity index is 0.000000115. The molecule has 454 valence electrons. The van der Waals surface area contributed by atoms with Crippen molar-refractivity contribution in [3.8, 4) is 0 Å². The van der Waals surface area contributed by atoms with Crippen molar-refractivity contribution in [2.45, 2.75) is 194 Å². The molecule has 0 aromatic heterocycles. The van der Waals surface area contributed by atoms with E-state index in [2.05, 4.69) is 25.5 Å². The number of aliphatic hydroxyl groups excluding tert-OH is 3. The molecule has 83 heavy (non-hydrogen) atoms. The molecule has 0 aromatic rings. The minimum Gasteiger partial charge on any atom is -0.393 e. The minimum absolute atomic E-state index is 0. The van der Waals surface area contributed by atoms with Crippen LogP contribution in [0.5, 0.6) is 0 Å². The van der Waals surface area contributed by atoms with Crippen molar-refractivity contribution in [2.24, 2.45) is 104 Å². The molecule has 13 fully saturated rings. The van der Waals surface area contributed by atoms with Crippen LogP contribution in [0.15, 0.2) is 34.9 Å². The van der Waals surface area contributed by atoms with E-state index in [-0.39, 0.29) is 143 Å². The summed E-state index contributed by atoms with van der Waals surface area (Å²) in [6, 6.07) is 0. The van der Waals surface area contributed by atoms with Gasteiger partial charge in [-0.15, -0.1) is 0 Å². The number of ether oxygens (including phenoxy) is 4. The first kappa shape index (κ1) is 59.5. The Hall–Kier alpha value is -3.86. The normalized spacial score (nSPS) is 47.5. The van der Waals surface area contributed by atoms with Crippen molar-refractivity contribution in [1.29, 1.82) is 0 Å². The predicted molar refractivity (Wildman–Crippen MR) is 302 cm³/mol. The monoisotopic (exact) mass is 1150 g/mol. The zero-order valence-electron chi connectivity index (χ0n) is 48.6. The first-order chi connectivity index (χ1) is 39.3. The lowest BCUT2D eigenvalue weighted by Crippen LogP contribution is -2.53. The van der Waals surface area contributed by atoms with Crippen LogP contribution in [-0.2, 0) is 57.3 Å². The molecule has 4 saturated heterocycles. The van der Waals surface area contributed by atoms with Gasteiger partial charge in [-0.25, -0.2) is 0 Å². The van der Waals surface area contributed by atoms with Crippen LogP contribution in [0.4, 0.5) is 0 Å². The molecule has 21 atom stereocenters. The molecular formula is C68H92O15. The number of cyclic esters (lactones) is 2. The van der Waals surface area contributed by atoms with Crippen LogP contribution in [0.3, 0.4) is 0 Å². The standard InChI is InChI=1S/3C21H28O4.C4H4O3.CH4/c3*1-20-6-5-15-13(14(20)2-3-16(20)18(24)10-22)9-19-17-8-12(23)4-7-21(15,17)11-25-19;5-3-1-2-4(6)7-3;/h3*8,13-16,19,22H,2-7,9-11H2,1H3;1-2H2;1H4/t3*13?,14?,15?,16-,19-,20+,21+;;/m111../s1. The highest BCUT2D eigenvalue weighted by Gasteiger charge is 2.68. The number of aliphatic hydroxyl groups is 3. The number of fused-ring (bicyclic) bond motifs is 9. The summed E-state index contributed by atoms with van der Waals surface area (Å²) in [6.07, 6.45) is 27.3. The zero-order valence-corrected chi connectivity index (χ0v) is 48.6. The van der Waals surface area contributed by atoms with E-state index in [1.54, 1.807) is 0 Å². The van der Waals surface area contributed by atoms with E-state index < -0.39 is 11.9 Å². The second-order valence-electron chi connectivity index (χ2n) is 29.6. The number of hydrogen-bond acceptors (Lipinski definition) is 15. The van der Waals surface area contributed by atoms with Gasteiger partial charge in [0, 0.05) is 53.3 Å². The van der Waals surface area contributed by atoms with Crippen LogP contribution in [0.1, 0.15) is 176 Å². The second kappa shape index (κ2) is 21.8. The molecule has 0 radical (unpaired) electrons. The summed E-state index contributed by atoms with van der Waals surface area (Å²) in [5.41, 5.74) is 4.33. The van der Waals surface area contributed by atoms with Gasteiger partial charge in [0.1, 0.15) is 19.8 Å². The summed E-state index contributed by atoms with van der Waals surface area (Å²) in [5, 5.41) is 28.2. The molecule has 3 N–H and O–H groups in total. The molecule has 9 saturated carbocycles. The number of carbonyl (C=O) groups is 8. The number of Topliss-reactive ketones (excluding diaryl/α,β-unsaturated/α-hetero) is 3. The Morgan fingerprint density at radius 2 is 0.711 bits per heavy atom. The molecule has 0 amide bonds. The molecular weight excluding hydrogens is 1060 g/mol. The molecule has 16 aliphatic rings. The second-order valence-corrected chi connectivity index (χ2v) is 29.6. The lowest BCUT2D eigenvalue weighted by atomic mass is 9.46. The number of carbonyl (C=O) groups excluding carboxylic acids is 8. The fourth-order valence-corrected chi connectivity index (χ4v) is 23.5. The number of ketones is 6.